The van der Waals surface area contributed by atoms with Gasteiger partial charge in [0.05, 0.1) is 40.9 Å². The summed E-state index contributed by atoms with van der Waals surface area (Å²) in [5.74, 6) is -1.73. The monoisotopic (exact) mass is 478 g/mol. The third-order valence-corrected chi connectivity index (χ3v) is 7.29. The predicted octanol–water partition coefficient (Wildman–Crippen LogP) is 4.85. The lowest BCUT2D eigenvalue weighted by Crippen LogP contribution is -2.36. The maximum absolute atomic E-state index is 13.8. The van der Waals surface area contributed by atoms with Gasteiger partial charge in [0.25, 0.3) is 0 Å². The Bertz CT molecular complexity index is 1430. The molecule has 1 aliphatic heterocycles. The van der Waals surface area contributed by atoms with Crippen molar-refractivity contribution < 1.29 is 14.8 Å². The maximum atomic E-state index is 13.8. The zero-order chi connectivity index (χ0) is 24.8. The highest BCUT2D eigenvalue weighted by atomic mass is 16.5. The minimum absolute atomic E-state index is 0.238. The molecule has 2 aliphatic rings. The number of imidazole rings is 1. The van der Waals surface area contributed by atoms with Crippen LogP contribution in [0.25, 0.3) is 0 Å². The molecular formula is C29H26N4O3. The number of carbonyl (C=O) groups excluding carboxylic acids is 2. The van der Waals surface area contributed by atoms with Gasteiger partial charge in [-0.3, -0.25) is 14.8 Å². The molecular weight excluding hydrogens is 452 g/mol. The lowest BCUT2D eigenvalue weighted by atomic mass is 9.78. The molecule has 0 unspecified atom stereocenters. The number of fused-ring (bicyclic) bond motifs is 3. The van der Waals surface area contributed by atoms with E-state index in [1.54, 1.807) is 18.5 Å². The highest BCUT2D eigenvalue weighted by molar-refractivity contribution is 6.24. The Kier molecular flexibility index (Phi) is 5.42. The Labute approximate surface area is 209 Å². The van der Waals surface area contributed by atoms with Gasteiger partial charge in [-0.05, 0) is 42.7 Å². The average molecular weight is 479 g/mol. The maximum Gasteiger partial charge on any atom is 0.243 e. The predicted molar refractivity (Wildman–Crippen MR) is 136 cm³/mol. The normalized spacial score (nSPS) is 20.8. The van der Waals surface area contributed by atoms with E-state index in [4.69, 9.17) is 4.98 Å². The highest BCUT2D eigenvalue weighted by Crippen LogP contribution is 2.50. The van der Waals surface area contributed by atoms with Crippen molar-refractivity contribution in [3.63, 3.8) is 0 Å². The smallest absolute Gasteiger partial charge is 0.243 e. The van der Waals surface area contributed by atoms with E-state index < -0.39 is 17.9 Å². The number of benzene rings is 3. The van der Waals surface area contributed by atoms with E-state index in [1.165, 1.54) is 9.96 Å². The molecule has 4 aromatic rings. The molecule has 0 spiro atoms. The molecule has 0 saturated carbocycles. The molecule has 7 heteroatoms. The number of amides is 2. The standard InChI is InChI=1S/C29H26N4O3/c1-19-10-8-9-15-23(19)33(36)24-16-22-25(29(35)32(28(22)34)21-13-6-3-7-14-21)27-26(24)30-18-31(27)17-20-11-4-2-5-12-20/h2-15,18,22,24-25,36H,16-17H2,1H3/t22-,24-,25-/m0/s1. The summed E-state index contributed by atoms with van der Waals surface area (Å²) in [4.78, 5) is 33.5. The van der Waals surface area contributed by atoms with Gasteiger partial charge in [0, 0.05) is 6.54 Å². The molecule has 36 heavy (non-hydrogen) atoms. The Morgan fingerprint density at radius 2 is 1.58 bits per heavy atom. The molecule has 1 N–H and O–H groups in total. The number of hydrogen-bond acceptors (Lipinski definition) is 5. The van der Waals surface area contributed by atoms with E-state index in [-0.39, 0.29) is 11.8 Å². The zero-order valence-electron chi connectivity index (χ0n) is 19.9. The van der Waals surface area contributed by atoms with Crippen molar-refractivity contribution >= 4 is 23.2 Å². The molecule has 1 saturated heterocycles. The summed E-state index contributed by atoms with van der Waals surface area (Å²) in [7, 11) is 0. The Morgan fingerprint density at radius 1 is 0.917 bits per heavy atom. The number of carbonyl (C=O) groups is 2. The van der Waals surface area contributed by atoms with Crippen LogP contribution in [0.15, 0.2) is 91.3 Å². The minimum Gasteiger partial charge on any atom is -0.329 e. The molecule has 180 valence electrons. The first-order valence-corrected chi connectivity index (χ1v) is 12.1. The molecule has 0 bridgehead atoms. The third-order valence-electron chi connectivity index (χ3n) is 7.29. The van der Waals surface area contributed by atoms with Gasteiger partial charge in [-0.25, -0.2) is 14.9 Å². The van der Waals surface area contributed by atoms with Gasteiger partial charge in [0.2, 0.25) is 11.8 Å². The molecule has 3 atom stereocenters. The third kappa shape index (κ3) is 3.51. The number of rotatable bonds is 5. The van der Waals surface area contributed by atoms with E-state index in [0.717, 1.165) is 11.1 Å². The fourth-order valence-electron chi connectivity index (χ4n) is 5.57. The van der Waals surface area contributed by atoms with Gasteiger partial charge in [0.15, 0.2) is 0 Å². The van der Waals surface area contributed by atoms with E-state index in [9.17, 15) is 14.8 Å². The second-order valence-electron chi connectivity index (χ2n) is 9.44. The molecule has 7 nitrogen and oxygen atoms in total. The van der Waals surface area contributed by atoms with Crippen molar-refractivity contribution in [1.29, 1.82) is 0 Å². The van der Waals surface area contributed by atoms with Gasteiger partial charge in [-0.15, -0.1) is 0 Å². The first-order chi connectivity index (χ1) is 17.5. The number of para-hydroxylation sites is 2. The topological polar surface area (TPSA) is 78.7 Å². The summed E-state index contributed by atoms with van der Waals surface area (Å²) in [6.07, 6.45) is 2.01. The van der Waals surface area contributed by atoms with Crippen LogP contribution < -0.4 is 9.96 Å². The Balaban J connectivity index is 1.47. The quantitative estimate of drug-likeness (QED) is 0.328. The summed E-state index contributed by atoms with van der Waals surface area (Å²) in [5.41, 5.74) is 4.52. The van der Waals surface area contributed by atoms with Crippen LogP contribution in [0.1, 0.15) is 40.9 Å². The lowest BCUT2D eigenvalue weighted by molar-refractivity contribution is -0.122. The van der Waals surface area contributed by atoms with E-state index in [0.29, 0.717) is 35.7 Å². The summed E-state index contributed by atoms with van der Waals surface area (Å²) >= 11 is 0. The first kappa shape index (κ1) is 22.2. The number of aromatic nitrogens is 2. The molecule has 2 heterocycles. The summed E-state index contributed by atoms with van der Waals surface area (Å²) in [5, 5.41) is 12.6. The number of hydroxylamine groups is 1. The Morgan fingerprint density at radius 3 is 2.31 bits per heavy atom. The molecule has 1 fully saturated rings. The average Bonchev–Trinajstić information content (AvgIpc) is 3.42. The van der Waals surface area contributed by atoms with Gasteiger partial charge in [0.1, 0.15) is 6.04 Å². The van der Waals surface area contributed by atoms with Crippen LogP contribution in [0.3, 0.4) is 0 Å². The van der Waals surface area contributed by atoms with Gasteiger partial charge >= 0.3 is 0 Å². The highest BCUT2D eigenvalue weighted by Gasteiger charge is 2.55. The number of nitrogens with zero attached hydrogens (tertiary/aromatic N) is 4. The van der Waals surface area contributed by atoms with Crippen molar-refractivity contribution in [2.24, 2.45) is 5.92 Å². The van der Waals surface area contributed by atoms with Gasteiger partial charge < -0.3 is 4.57 Å². The lowest BCUT2D eigenvalue weighted by Gasteiger charge is -2.35. The van der Waals surface area contributed by atoms with Crippen molar-refractivity contribution in [2.75, 3.05) is 9.96 Å². The molecule has 3 aromatic carbocycles. The zero-order valence-corrected chi connectivity index (χ0v) is 19.9. The van der Waals surface area contributed by atoms with Crippen molar-refractivity contribution in [1.82, 2.24) is 9.55 Å². The van der Waals surface area contributed by atoms with Crippen molar-refractivity contribution in [3.8, 4) is 0 Å². The minimum atomic E-state index is -0.652. The fourth-order valence-corrected chi connectivity index (χ4v) is 5.57. The molecule has 1 aromatic heterocycles. The van der Waals surface area contributed by atoms with E-state index in [1.807, 2.05) is 84.3 Å². The van der Waals surface area contributed by atoms with Crippen LogP contribution >= 0.6 is 0 Å². The number of hydrogen-bond donors (Lipinski definition) is 1. The van der Waals surface area contributed by atoms with Gasteiger partial charge in [-0.2, -0.15) is 0 Å². The van der Waals surface area contributed by atoms with Crippen LogP contribution in [-0.4, -0.2) is 26.6 Å². The molecule has 6 rings (SSSR count). The number of anilines is 2. The molecule has 2 amide bonds. The second kappa shape index (κ2) is 8.77. The molecule has 1 aliphatic carbocycles. The Hall–Kier alpha value is -4.23. The second-order valence-corrected chi connectivity index (χ2v) is 9.44. The van der Waals surface area contributed by atoms with Crippen LogP contribution in [0, 0.1) is 12.8 Å². The first-order valence-electron chi connectivity index (χ1n) is 12.1. The van der Waals surface area contributed by atoms with Crippen molar-refractivity contribution in [2.45, 2.75) is 31.8 Å². The van der Waals surface area contributed by atoms with E-state index in [2.05, 4.69) is 0 Å². The van der Waals surface area contributed by atoms with E-state index >= 15 is 0 Å². The van der Waals surface area contributed by atoms with Crippen LogP contribution in [-0.2, 0) is 16.1 Å². The summed E-state index contributed by atoms with van der Waals surface area (Å²) < 4.78 is 1.96. The van der Waals surface area contributed by atoms with Crippen LogP contribution in [0.5, 0.6) is 0 Å². The largest absolute Gasteiger partial charge is 0.329 e. The summed E-state index contributed by atoms with van der Waals surface area (Å²) in [6, 6.07) is 26.0. The van der Waals surface area contributed by atoms with Gasteiger partial charge in [-0.1, -0.05) is 66.7 Å². The van der Waals surface area contributed by atoms with Crippen molar-refractivity contribution in [3.05, 3.63) is 114 Å². The SMILES string of the molecule is Cc1ccccc1N(O)[C@H]1C[C@@H]2C(=O)N(c3ccccc3)C(=O)[C@@H]2c2c1ncn2Cc1ccccc1. The van der Waals surface area contributed by atoms with Crippen LogP contribution in [0.4, 0.5) is 11.4 Å². The summed E-state index contributed by atoms with van der Waals surface area (Å²) in [6.45, 7) is 2.45. The number of imide groups is 1. The number of aryl methyl sites for hydroxylation is 1. The van der Waals surface area contributed by atoms with Crippen LogP contribution in [0.2, 0.25) is 0 Å². The molecule has 0 radical (unpaired) electrons. The fraction of sp³-hybridized carbons (Fsp3) is 0.207.